The first-order valence-electron chi connectivity index (χ1n) is 14.4. The second-order valence-electron chi connectivity index (χ2n) is 10.5. The summed E-state index contributed by atoms with van der Waals surface area (Å²) >= 11 is 0. The van der Waals surface area contributed by atoms with Crippen LogP contribution in [-0.2, 0) is 0 Å². The van der Waals surface area contributed by atoms with Crippen molar-refractivity contribution in [1.82, 2.24) is 0 Å². The van der Waals surface area contributed by atoms with Gasteiger partial charge in [0.25, 0.3) is 17.1 Å². The number of nitro groups is 3. The van der Waals surface area contributed by atoms with Gasteiger partial charge >= 0.3 is 17.9 Å². The van der Waals surface area contributed by atoms with Crippen molar-refractivity contribution in [2.75, 3.05) is 0 Å². The number of carbonyl (C=O) groups is 3. The van der Waals surface area contributed by atoms with Crippen molar-refractivity contribution in [2.24, 2.45) is 0 Å². The van der Waals surface area contributed by atoms with Crippen molar-refractivity contribution >= 4 is 56.5 Å². The van der Waals surface area contributed by atoms with Crippen molar-refractivity contribution < 1.29 is 43.4 Å². The quantitative estimate of drug-likeness (QED) is 0.0484. The Kier molecular flexibility index (Phi) is 8.61. The number of non-ortho nitro benzene ring substituents is 3. The van der Waals surface area contributed by atoms with Crippen molar-refractivity contribution in [3.63, 3.8) is 0 Å². The molecule has 15 heteroatoms. The van der Waals surface area contributed by atoms with Gasteiger partial charge in [0.1, 0.15) is 11.5 Å². The third-order valence-corrected chi connectivity index (χ3v) is 7.42. The molecule has 0 fully saturated rings. The highest BCUT2D eigenvalue weighted by Gasteiger charge is 2.24. The highest BCUT2D eigenvalue weighted by molar-refractivity contribution is 6.13. The van der Waals surface area contributed by atoms with Crippen LogP contribution in [0.1, 0.15) is 31.1 Å². The van der Waals surface area contributed by atoms with Gasteiger partial charge in [-0.2, -0.15) is 0 Å². The predicted octanol–water partition coefficient (Wildman–Crippen LogP) is 7.38. The minimum atomic E-state index is -0.957. The third kappa shape index (κ3) is 6.50. The van der Waals surface area contributed by atoms with Crippen LogP contribution in [-0.4, -0.2) is 32.7 Å². The largest absolute Gasteiger partial charge is 0.422 e. The molecule has 0 heterocycles. The molecule has 0 aromatic heterocycles. The number of fused-ring (bicyclic) bond motifs is 2. The van der Waals surface area contributed by atoms with E-state index in [0.717, 1.165) is 36.4 Å². The summed E-state index contributed by atoms with van der Waals surface area (Å²) in [5.41, 5.74) is -0.852. The lowest BCUT2D eigenvalue weighted by Crippen LogP contribution is -2.12. The molecule has 6 aromatic rings. The Labute approximate surface area is 279 Å². The lowest BCUT2D eigenvalue weighted by atomic mass is 10.0. The Bertz CT molecular complexity index is 2240. The molecule has 6 rings (SSSR count). The number of ether oxygens (including phenoxy) is 3. The number of rotatable bonds is 9. The molecule has 0 spiro atoms. The highest BCUT2D eigenvalue weighted by Crippen LogP contribution is 2.45. The summed E-state index contributed by atoms with van der Waals surface area (Å²) in [7, 11) is 0. The molecular formula is C35H19N3O12. The topological polar surface area (TPSA) is 208 Å². The van der Waals surface area contributed by atoms with Gasteiger partial charge in [-0.05, 0) is 65.4 Å². The number of carbonyl (C=O) groups excluding carboxylic acids is 3. The summed E-state index contributed by atoms with van der Waals surface area (Å²) in [6, 6.07) is 25.0. The zero-order chi connectivity index (χ0) is 35.5. The molecule has 0 radical (unpaired) electrons. The monoisotopic (exact) mass is 673 g/mol. The van der Waals surface area contributed by atoms with Gasteiger partial charge < -0.3 is 14.2 Å². The SMILES string of the molecule is O=C(Oc1cccc2cc3cccc(OC(=O)c4ccc([N+](=O)[O-])cc4)c3c(OC(=O)c3ccc([N+](=O)[O-])cc3)c12)c1ccc([N+](=O)[O-])cc1. The van der Waals surface area contributed by atoms with Crippen LogP contribution in [0, 0.1) is 30.3 Å². The van der Waals surface area contributed by atoms with Crippen LogP contribution in [0.25, 0.3) is 21.5 Å². The molecule has 15 nitrogen and oxygen atoms in total. The predicted molar refractivity (Wildman–Crippen MR) is 176 cm³/mol. The molecule has 0 atom stereocenters. The molecule has 0 aliphatic carbocycles. The Balaban J connectivity index is 1.48. The Hall–Kier alpha value is -7.55. The number of nitrogens with zero attached hydrogens (tertiary/aromatic N) is 3. The number of esters is 3. The van der Waals surface area contributed by atoms with Crippen LogP contribution < -0.4 is 14.2 Å². The molecule has 0 N–H and O–H groups in total. The van der Waals surface area contributed by atoms with E-state index in [4.69, 9.17) is 14.2 Å². The number of nitro benzene ring substituents is 3. The maximum atomic E-state index is 13.5. The van der Waals surface area contributed by atoms with Crippen LogP contribution in [0.2, 0.25) is 0 Å². The van der Waals surface area contributed by atoms with E-state index >= 15 is 0 Å². The van der Waals surface area contributed by atoms with Crippen molar-refractivity contribution in [2.45, 2.75) is 0 Å². The average molecular weight is 674 g/mol. The minimum absolute atomic E-state index is 0.0180. The summed E-state index contributed by atoms with van der Waals surface area (Å²) in [4.78, 5) is 71.4. The first kappa shape index (κ1) is 32.4. The van der Waals surface area contributed by atoms with E-state index in [0.29, 0.717) is 10.8 Å². The van der Waals surface area contributed by atoms with E-state index in [1.54, 1.807) is 30.3 Å². The highest BCUT2D eigenvalue weighted by atomic mass is 16.6. The number of hydrogen-bond donors (Lipinski definition) is 0. The van der Waals surface area contributed by atoms with Crippen LogP contribution >= 0.6 is 0 Å². The van der Waals surface area contributed by atoms with Gasteiger partial charge in [0.15, 0.2) is 5.75 Å². The van der Waals surface area contributed by atoms with Gasteiger partial charge in [-0.25, -0.2) is 14.4 Å². The Morgan fingerprint density at radius 1 is 0.440 bits per heavy atom. The van der Waals surface area contributed by atoms with E-state index in [2.05, 4.69) is 0 Å². The second kappa shape index (κ2) is 13.3. The molecule has 0 bridgehead atoms. The average Bonchev–Trinajstić information content (AvgIpc) is 3.11. The fourth-order valence-corrected chi connectivity index (χ4v) is 5.01. The van der Waals surface area contributed by atoms with E-state index < -0.39 is 32.7 Å². The zero-order valence-electron chi connectivity index (χ0n) is 25.2. The summed E-state index contributed by atoms with van der Waals surface area (Å²) in [6.45, 7) is 0. The second-order valence-corrected chi connectivity index (χ2v) is 10.5. The van der Waals surface area contributed by atoms with Gasteiger partial charge in [-0.15, -0.1) is 0 Å². The Morgan fingerprint density at radius 2 is 0.760 bits per heavy atom. The van der Waals surface area contributed by atoms with E-state index in [-0.39, 0.29) is 61.8 Å². The van der Waals surface area contributed by atoms with Gasteiger partial charge in [0.05, 0.1) is 42.2 Å². The van der Waals surface area contributed by atoms with Gasteiger partial charge in [0, 0.05) is 36.4 Å². The molecule has 6 aromatic carbocycles. The molecule has 246 valence electrons. The van der Waals surface area contributed by atoms with Crippen LogP contribution in [0.15, 0.2) is 115 Å². The van der Waals surface area contributed by atoms with Crippen molar-refractivity contribution in [3.8, 4) is 17.2 Å². The Morgan fingerprint density at radius 3 is 1.08 bits per heavy atom. The first-order valence-corrected chi connectivity index (χ1v) is 14.4. The number of hydrogen-bond acceptors (Lipinski definition) is 12. The summed E-state index contributed by atoms with van der Waals surface area (Å²) in [5.74, 6) is -3.11. The van der Waals surface area contributed by atoms with Crippen molar-refractivity contribution in [3.05, 3.63) is 162 Å². The van der Waals surface area contributed by atoms with E-state index in [9.17, 15) is 44.7 Å². The molecule has 0 amide bonds. The molecule has 0 aliphatic rings. The molecule has 50 heavy (non-hydrogen) atoms. The van der Waals surface area contributed by atoms with E-state index in [1.807, 2.05) is 0 Å². The molecular weight excluding hydrogens is 654 g/mol. The fraction of sp³-hybridized carbons (Fsp3) is 0. The van der Waals surface area contributed by atoms with Crippen LogP contribution in [0.4, 0.5) is 17.1 Å². The maximum absolute atomic E-state index is 13.5. The van der Waals surface area contributed by atoms with Crippen LogP contribution in [0.3, 0.4) is 0 Å². The normalized spacial score (nSPS) is 10.7. The standard InChI is InChI=1S/C35H19N3O12/c39-33(20-7-13-25(14-8-20)36(42)43)48-28-5-1-3-23-19-24-4-2-6-29(49-34(40)21-9-15-26(16-10-21)37(44)45)31(24)32(30(23)28)50-35(41)22-11-17-27(18-12-22)38(46)47/h1-19H. The lowest BCUT2D eigenvalue weighted by Gasteiger charge is -2.17. The maximum Gasteiger partial charge on any atom is 0.343 e. The first-order chi connectivity index (χ1) is 24.0. The van der Waals surface area contributed by atoms with Gasteiger partial charge in [-0.1, -0.05) is 24.3 Å². The molecule has 0 unspecified atom stereocenters. The van der Waals surface area contributed by atoms with E-state index in [1.165, 1.54) is 48.5 Å². The molecule has 0 saturated carbocycles. The minimum Gasteiger partial charge on any atom is -0.422 e. The lowest BCUT2D eigenvalue weighted by molar-refractivity contribution is -0.385. The summed E-state index contributed by atoms with van der Waals surface area (Å²) < 4.78 is 17.4. The fourth-order valence-electron chi connectivity index (χ4n) is 5.01. The number of benzene rings is 6. The van der Waals surface area contributed by atoms with Gasteiger partial charge in [0.2, 0.25) is 0 Å². The molecule has 0 saturated heterocycles. The molecule has 0 aliphatic heterocycles. The third-order valence-electron chi connectivity index (χ3n) is 7.42. The summed E-state index contributed by atoms with van der Waals surface area (Å²) in [6.07, 6.45) is 0. The zero-order valence-corrected chi connectivity index (χ0v) is 25.2. The van der Waals surface area contributed by atoms with Crippen LogP contribution in [0.5, 0.6) is 17.2 Å². The van der Waals surface area contributed by atoms with Crippen molar-refractivity contribution in [1.29, 1.82) is 0 Å². The van der Waals surface area contributed by atoms with Gasteiger partial charge in [-0.3, -0.25) is 30.3 Å². The summed E-state index contributed by atoms with van der Waals surface area (Å²) in [5, 5.41) is 34.4. The smallest absolute Gasteiger partial charge is 0.343 e.